The third-order valence-corrected chi connectivity index (χ3v) is 7.85. The van der Waals surface area contributed by atoms with Gasteiger partial charge in [0.05, 0.1) is 30.7 Å². The number of aromatic nitrogens is 2. The van der Waals surface area contributed by atoms with Gasteiger partial charge in [-0.3, -0.25) is 14.5 Å². The Labute approximate surface area is 225 Å². The van der Waals surface area contributed by atoms with Crippen molar-refractivity contribution in [1.29, 1.82) is 0 Å². The molecule has 1 unspecified atom stereocenters. The van der Waals surface area contributed by atoms with Gasteiger partial charge in [-0.15, -0.1) is 10.2 Å². The summed E-state index contributed by atoms with van der Waals surface area (Å²) in [4.78, 5) is 29.4. The molecule has 0 saturated heterocycles. The summed E-state index contributed by atoms with van der Waals surface area (Å²) in [6.07, 6.45) is 3.61. The van der Waals surface area contributed by atoms with E-state index >= 15 is 0 Å². The van der Waals surface area contributed by atoms with E-state index in [1.165, 1.54) is 16.2 Å². The number of amides is 1. The summed E-state index contributed by atoms with van der Waals surface area (Å²) in [5.74, 6) is 0.757. The predicted molar refractivity (Wildman–Crippen MR) is 148 cm³/mol. The van der Waals surface area contributed by atoms with Crippen LogP contribution in [-0.2, 0) is 6.42 Å². The molecular weight excluding hydrogens is 502 g/mol. The van der Waals surface area contributed by atoms with E-state index in [0.717, 1.165) is 41.8 Å². The quantitative estimate of drug-likeness (QED) is 0.238. The summed E-state index contributed by atoms with van der Waals surface area (Å²) in [5.41, 5.74) is 3.11. The van der Waals surface area contributed by atoms with Gasteiger partial charge in [-0.25, -0.2) is 0 Å². The van der Waals surface area contributed by atoms with E-state index in [4.69, 9.17) is 13.9 Å². The van der Waals surface area contributed by atoms with E-state index in [0.29, 0.717) is 45.3 Å². The average Bonchev–Trinajstić information content (AvgIpc) is 3.48. The molecule has 0 radical (unpaired) electrons. The van der Waals surface area contributed by atoms with Crippen LogP contribution >= 0.6 is 11.3 Å². The molecule has 1 amide bonds. The maximum absolute atomic E-state index is 14.0. The Bertz CT molecular complexity index is 1570. The van der Waals surface area contributed by atoms with Crippen molar-refractivity contribution < 1.29 is 18.7 Å². The van der Waals surface area contributed by atoms with Gasteiger partial charge in [-0.2, -0.15) is 0 Å². The third-order valence-electron chi connectivity index (χ3n) is 6.87. The summed E-state index contributed by atoms with van der Waals surface area (Å²) in [7, 11) is 1.58. The van der Waals surface area contributed by atoms with Crippen molar-refractivity contribution in [2.75, 3.05) is 18.6 Å². The molecule has 4 aromatic rings. The molecule has 1 aliphatic heterocycles. The first kappa shape index (κ1) is 25.9. The number of hydrogen-bond donors (Lipinski definition) is 0. The van der Waals surface area contributed by atoms with Crippen molar-refractivity contribution in [2.24, 2.45) is 0 Å². The molecular formula is C29H31N3O5S. The molecule has 1 atom stereocenters. The summed E-state index contributed by atoms with van der Waals surface area (Å²) in [6.45, 7) is 8.64. The number of rotatable bonds is 9. The number of fused-ring (bicyclic) bond motifs is 2. The monoisotopic (exact) mass is 533 g/mol. The first-order chi connectivity index (χ1) is 18.4. The Morgan fingerprint density at radius 1 is 1.03 bits per heavy atom. The lowest BCUT2D eigenvalue weighted by molar-refractivity contribution is 0.0970. The fraction of sp³-hybridized carbons (Fsp3) is 0.379. The van der Waals surface area contributed by atoms with Crippen molar-refractivity contribution in [3.05, 3.63) is 73.6 Å². The molecule has 198 valence electrons. The molecule has 0 bridgehead atoms. The second kappa shape index (κ2) is 10.6. The van der Waals surface area contributed by atoms with E-state index in [9.17, 15) is 9.59 Å². The summed E-state index contributed by atoms with van der Waals surface area (Å²) < 4.78 is 17.7. The number of aryl methyl sites for hydroxylation is 3. The van der Waals surface area contributed by atoms with E-state index in [2.05, 4.69) is 24.0 Å². The summed E-state index contributed by atoms with van der Waals surface area (Å²) in [5, 5.41) is 10.3. The van der Waals surface area contributed by atoms with E-state index in [1.807, 2.05) is 44.2 Å². The Morgan fingerprint density at radius 3 is 2.55 bits per heavy atom. The van der Waals surface area contributed by atoms with Crippen LogP contribution in [0.3, 0.4) is 0 Å². The highest BCUT2D eigenvalue weighted by Crippen LogP contribution is 2.44. The standard InChI is InChI=1S/C29H31N3O5S/c1-6-8-12-36-20-11-10-18(15-22(20)35-5)25-24-26(33)19-13-16(3)17(4)14-21(19)37-27(24)28(34)32(25)29-31-30-23(38-29)9-7-2/h10-11,13-15,25H,6-9,12H2,1-5H3. The van der Waals surface area contributed by atoms with Gasteiger partial charge >= 0.3 is 0 Å². The van der Waals surface area contributed by atoms with Crippen LogP contribution < -0.4 is 19.8 Å². The molecule has 1 aliphatic rings. The first-order valence-corrected chi connectivity index (χ1v) is 13.7. The maximum Gasteiger partial charge on any atom is 0.297 e. The third kappa shape index (κ3) is 4.45. The van der Waals surface area contributed by atoms with E-state index < -0.39 is 11.9 Å². The van der Waals surface area contributed by atoms with Crippen molar-refractivity contribution >= 4 is 33.3 Å². The van der Waals surface area contributed by atoms with Gasteiger partial charge in [0, 0.05) is 6.42 Å². The van der Waals surface area contributed by atoms with Crippen molar-refractivity contribution in [3.63, 3.8) is 0 Å². The smallest absolute Gasteiger partial charge is 0.297 e. The van der Waals surface area contributed by atoms with Crippen LogP contribution in [0.25, 0.3) is 11.0 Å². The molecule has 0 fully saturated rings. The zero-order valence-corrected chi connectivity index (χ0v) is 23.1. The first-order valence-electron chi connectivity index (χ1n) is 12.9. The zero-order chi connectivity index (χ0) is 27.0. The topological polar surface area (TPSA) is 94.8 Å². The van der Waals surface area contributed by atoms with Crippen LogP contribution in [0.2, 0.25) is 0 Å². The Morgan fingerprint density at radius 2 is 1.82 bits per heavy atom. The highest BCUT2D eigenvalue weighted by Gasteiger charge is 2.45. The molecule has 2 aromatic heterocycles. The number of methoxy groups -OCH3 is 1. The lowest BCUT2D eigenvalue weighted by Crippen LogP contribution is -2.29. The fourth-order valence-corrected chi connectivity index (χ4v) is 5.66. The number of carbonyl (C=O) groups excluding carboxylic acids is 1. The van der Waals surface area contributed by atoms with Gasteiger partial charge in [-0.1, -0.05) is 37.7 Å². The number of carbonyl (C=O) groups is 1. The van der Waals surface area contributed by atoms with Crippen LogP contribution in [0.5, 0.6) is 11.5 Å². The van der Waals surface area contributed by atoms with Gasteiger partial charge < -0.3 is 13.9 Å². The second-order valence-electron chi connectivity index (χ2n) is 9.52. The SMILES string of the molecule is CCCCOc1ccc(C2c3c(oc4cc(C)c(C)cc4c3=O)C(=O)N2c2nnc(CCC)s2)cc1OC. The molecule has 8 nitrogen and oxygen atoms in total. The molecule has 0 aliphatic carbocycles. The number of ether oxygens (including phenoxy) is 2. The minimum atomic E-state index is -0.749. The predicted octanol–water partition coefficient (Wildman–Crippen LogP) is 6.15. The lowest BCUT2D eigenvalue weighted by Gasteiger charge is -2.23. The molecule has 0 spiro atoms. The summed E-state index contributed by atoms with van der Waals surface area (Å²) in [6, 6.07) is 8.40. The lowest BCUT2D eigenvalue weighted by atomic mass is 9.97. The van der Waals surface area contributed by atoms with Crippen molar-refractivity contribution in [2.45, 2.75) is 59.4 Å². The number of hydrogen-bond acceptors (Lipinski definition) is 8. The average molecular weight is 534 g/mol. The van der Waals surface area contributed by atoms with Crippen LogP contribution in [-0.4, -0.2) is 29.8 Å². The minimum absolute atomic E-state index is 0.0326. The molecule has 38 heavy (non-hydrogen) atoms. The number of anilines is 1. The van der Waals surface area contributed by atoms with Gasteiger partial charge in [-0.05, 0) is 67.6 Å². The molecule has 0 N–H and O–H groups in total. The Hall–Kier alpha value is -3.72. The van der Waals surface area contributed by atoms with Gasteiger partial charge in [0.15, 0.2) is 16.9 Å². The number of nitrogens with zero attached hydrogens (tertiary/aromatic N) is 3. The molecule has 5 rings (SSSR count). The highest BCUT2D eigenvalue weighted by molar-refractivity contribution is 7.15. The molecule has 2 aromatic carbocycles. The molecule has 9 heteroatoms. The van der Waals surface area contributed by atoms with Gasteiger partial charge in [0.1, 0.15) is 10.6 Å². The van der Waals surface area contributed by atoms with Crippen LogP contribution in [0, 0.1) is 13.8 Å². The van der Waals surface area contributed by atoms with Crippen LogP contribution in [0.1, 0.15) is 77.0 Å². The van der Waals surface area contributed by atoms with Crippen LogP contribution in [0.15, 0.2) is 39.5 Å². The number of benzene rings is 2. The fourth-order valence-electron chi connectivity index (χ4n) is 4.70. The Kier molecular flexibility index (Phi) is 7.21. The maximum atomic E-state index is 14.0. The Balaban J connectivity index is 1.70. The van der Waals surface area contributed by atoms with Crippen LogP contribution in [0.4, 0.5) is 5.13 Å². The van der Waals surface area contributed by atoms with Crippen molar-refractivity contribution in [1.82, 2.24) is 10.2 Å². The molecule has 0 saturated carbocycles. The van der Waals surface area contributed by atoms with Gasteiger partial charge in [0.2, 0.25) is 10.9 Å². The minimum Gasteiger partial charge on any atom is -0.493 e. The van der Waals surface area contributed by atoms with E-state index in [1.54, 1.807) is 7.11 Å². The molecule has 3 heterocycles. The zero-order valence-electron chi connectivity index (χ0n) is 22.3. The second-order valence-corrected chi connectivity index (χ2v) is 10.6. The van der Waals surface area contributed by atoms with Gasteiger partial charge in [0.25, 0.3) is 5.91 Å². The summed E-state index contributed by atoms with van der Waals surface area (Å²) >= 11 is 1.35. The highest BCUT2D eigenvalue weighted by atomic mass is 32.1. The van der Waals surface area contributed by atoms with Crippen molar-refractivity contribution in [3.8, 4) is 11.5 Å². The normalized spacial score (nSPS) is 14.8. The number of unbranched alkanes of at least 4 members (excludes halogenated alkanes) is 1. The largest absolute Gasteiger partial charge is 0.493 e. The van der Waals surface area contributed by atoms with E-state index in [-0.39, 0.29) is 11.2 Å².